The van der Waals surface area contributed by atoms with E-state index in [-0.39, 0.29) is 17.9 Å². The molecule has 132 valence electrons. The standard InChI is InChI=1S/C19H24N4O2/c24-19(22-15-7-10-25-11-8-15)14-4-3-9-23(12-14)18-16-5-1-2-6-17(16)20-13-21-18/h1-2,5-6,13-15H,3-4,7-12H2,(H,22,24). The third kappa shape index (κ3) is 3.58. The van der Waals surface area contributed by atoms with Crippen molar-refractivity contribution in [3.05, 3.63) is 30.6 Å². The second kappa shape index (κ2) is 7.35. The van der Waals surface area contributed by atoms with E-state index in [0.29, 0.717) is 0 Å². The molecule has 0 bridgehead atoms. The normalized spacial score (nSPS) is 22.1. The van der Waals surface area contributed by atoms with Gasteiger partial charge in [-0.05, 0) is 37.8 Å². The lowest BCUT2D eigenvalue weighted by molar-refractivity contribution is -0.126. The van der Waals surface area contributed by atoms with Gasteiger partial charge in [-0.15, -0.1) is 0 Å². The van der Waals surface area contributed by atoms with Crippen molar-refractivity contribution in [1.82, 2.24) is 15.3 Å². The number of rotatable bonds is 3. The number of nitrogens with zero attached hydrogens (tertiary/aromatic N) is 3. The molecule has 1 unspecified atom stereocenters. The number of para-hydroxylation sites is 1. The lowest BCUT2D eigenvalue weighted by Gasteiger charge is -2.34. The molecule has 1 N–H and O–H groups in total. The van der Waals surface area contributed by atoms with E-state index in [4.69, 9.17) is 4.74 Å². The quantitative estimate of drug-likeness (QED) is 0.927. The summed E-state index contributed by atoms with van der Waals surface area (Å²) in [6, 6.07) is 8.31. The number of ether oxygens (including phenoxy) is 1. The SMILES string of the molecule is O=C(NC1CCOCC1)C1CCCN(c2ncnc3ccccc23)C1. The molecule has 2 aliphatic rings. The Kier molecular flexibility index (Phi) is 4.78. The first-order chi connectivity index (χ1) is 12.3. The molecule has 2 fully saturated rings. The Bertz CT molecular complexity index is 740. The van der Waals surface area contributed by atoms with Gasteiger partial charge in [-0.25, -0.2) is 9.97 Å². The molecular weight excluding hydrogens is 316 g/mol. The van der Waals surface area contributed by atoms with Gasteiger partial charge in [-0.3, -0.25) is 4.79 Å². The predicted octanol–water partition coefficient (Wildman–Crippen LogP) is 2.14. The lowest BCUT2D eigenvalue weighted by Crippen LogP contribution is -2.47. The van der Waals surface area contributed by atoms with Gasteiger partial charge >= 0.3 is 0 Å². The fraction of sp³-hybridized carbons (Fsp3) is 0.526. The van der Waals surface area contributed by atoms with Crippen LogP contribution in [0.4, 0.5) is 5.82 Å². The van der Waals surface area contributed by atoms with Crippen molar-refractivity contribution in [3.63, 3.8) is 0 Å². The van der Waals surface area contributed by atoms with Crippen LogP contribution < -0.4 is 10.2 Å². The van der Waals surface area contributed by atoms with Crippen molar-refractivity contribution in [2.45, 2.75) is 31.7 Å². The Morgan fingerprint density at radius 1 is 1.16 bits per heavy atom. The highest BCUT2D eigenvalue weighted by Gasteiger charge is 2.29. The maximum atomic E-state index is 12.7. The number of benzene rings is 1. The van der Waals surface area contributed by atoms with Crippen molar-refractivity contribution >= 4 is 22.6 Å². The predicted molar refractivity (Wildman–Crippen MR) is 96.5 cm³/mol. The average Bonchev–Trinajstić information content (AvgIpc) is 2.68. The first-order valence-electron chi connectivity index (χ1n) is 9.14. The van der Waals surface area contributed by atoms with Crippen LogP contribution in [0.1, 0.15) is 25.7 Å². The molecule has 2 aliphatic heterocycles. The number of carbonyl (C=O) groups is 1. The third-order valence-corrected chi connectivity index (χ3v) is 5.18. The van der Waals surface area contributed by atoms with E-state index in [1.165, 1.54) is 0 Å². The maximum absolute atomic E-state index is 12.7. The highest BCUT2D eigenvalue weighted by molar-refractivity contribution is 5.89. The second-order valence-electron chi connectivity index (χ2n) is 6.89. The van der Waals surface area contributed by atoms with E-state index in [9.17, 15) is 4.79 Å². The zero-order valence-corrected chi connectivity index (χ0v) is 14.4. The fourth-order valence-corrected chi connectivity index (χ4v) is 3.79. The van der Waals surface area contributed by atoms with Gasteiger partial charge in [0.15, 0.2) is 0 Å². The molecule has 2 aromatic rings. The Morgan fingerprint density at radius 3 is 2.88 bits per heavy atom. The molecule has 1 amide bonds. The largest absolute Gasteiger partial charge is 0.381 e. The van der Waals surface area contributed by atoms with Gasteiger partial charge in [0.1, 0.15) is 12.1 Å². The number of hydrogen-bond donors (Lipinski definition) is 1. The molecule has 3 heterocycles. The molecule has 6 nitrogen and oxygen atoms in total. The molecule has 0 saturated carbocycles. The van der Waals surface area contributed by atoms with Crippen LogP contribution in [0.15, 0.2) is 30.6 Å². The van der Waals surface area contributed by atoms with Crippen molar-refractivity contribution in [2.24, 2.45) is 5.92 Å². The molecule has 1 aromatic carbocycles. The number of carbonyl (C=O) groups excluding carboxylic acids is 1. The highest BCUT2D eigenvalue weighted by atomic mass is 16.5. The Labute approximate surface area is 147 Å². The van der Waals surface area contributed by atoms with Crippen LogP contribution in [0.5, 0.6) is 0 Å². The van der Waals surface area contributed by atoms with Crippen LogP contribution in [0.25, 0.3) is 10.9 Å². The number of aromatic nitrogens is 2. The smallest absolute Gasteiger partial charge is 0.225 e. The molecule has 0 radical (unpaired) electrons. The Balaban J connectivity index is 1.47. The second-order valence-corrected chi connectivity index (χ2v) is 6.89. The minimum absolute atomic E-state index is 0.0188. The molecule has 6 heteroatoms. The summed E-state index contributed by atoms with van der Waals surface area (Å²) in [6.07, 6.45) is 5.39. The molecule has 2 saturated heterocycles. The van der Waals surface area contributed by atoms with Crippen LogP contribution in [0, 0.1) is 5.92 Å². The highest BCUT2D eigenvalue weighted by Crippen LogP contribution is 2.27. The van der Waals surface area contributed by atoms with E-state index >= 15 is 0 Å². The van der Waals surface area contributed by atoms with Crippen LogP contribution in [0.3, 0.4) is 0 Å². The molecule has 1 atom stereocenters. The summed E-state index contributed by atoms with van der Waals surface area (Å²) >= 11 is 0. The van der Waals surface area contributed by atoms with Crippen LogP contribution >= 0.6 is 0 Å². The van der Waals surface area contributed by atoms with E-state index in [1.807, 2.05) is 18.2 Å². The van der Waals surface area contributed by atoms with Gasteiger partial charge in [-0.2, -0.15) is 0 Å². The maximum Gasteiger partial charge on any atom is 0.225 e. The number of fused-ring (bicyclic) bond motifs is 1. The Morgan fingerprint density at radius 2 is 2.00 bits per heavy atom. The summed E-state index contributed by atoms with van der Waals surface area (Å²) < 4.78 is 5.37. The van der Waals surface area contributed by atoms with E-state index in [0.717, 1.165) is 68.7 Å². The summed E-state index contributed by atoms with van der Waals surface area (Å²) in [5, 5.41) is 4.27. The van der Waals surface area contributed by atoms with Gasteiger partial charge < -0.3 is 15.0 Å². The number of hydrogen-bond acceptors (Lipinski definition) is 5. The monoisotopic (exact) mass is 340 g/mol. The van der Waals surface area contributed by atoms with Crippen LogP contribution in [-0.2, 0) is 9.53 Å². The van der Waals surface area contributed by atoms with Crippen molar-refractivity contribution < 1.29 is 9.53 Å². The third-order valence-electron chi connectivity index (χ3n) is 5.18. The first-order valence-corrected chi connectivity index (χ1v) is 9.14. The van der Waals surface area contributed by atoms with Crippen LogP contribution in [-0.4, -0.2) is 48.2 Å². The van der Waals surface area contributed by atoms with E-state index in [2.05, 4.69) is 26.3 Å². The lowest BCUT2D eigenvalue weighted by atomic mass is 9.96. The van der Waals surface area contributed by atoms with Gasteiger partial charge in [0.05, 0.1) is 11.4 Å². The van der Waals surface area contributed by atoms with Crippen molar-refractivity contribution in [1.29, 1.82) is 0 Å². The summed E-state index contributed by atoms with van der Waals surface area (Å²) in [5.41, 5.74) is 0.946. The summed E-state index contributed by atoms with van der Waals surface area (Å²) in [7, 11) is 0. The number of nitrogens with one attached hydrogen (secondary N) is 1. The minimum atomic E-state index is 0.0188. The summed E-state index contributed by atoms with van der Waals surface area (Å²) in [5.74, 6) is 1.13. The van der Waals surface area contributed by atoms with E-state index < -0.39 is 0 Å². The number of piperidine rings is 1. The molecule has 0 spiro atoms. The molecule has 0 aliphatic carbocycles. The van der Waals surface area contributed by atoms with Gasteiger partial charge in [0.2, 0.25) is 5.91 Å². The van der Waals surface area contributed by atoms with Gasteiger partial charge in [0, 0.05) is 37.7 Å². The van der Waals surface area contributed by atoms with Crippen molar-refractivity contribution in [2.75, 3.05) is 31.2 Å². The topological polar surface area (TPSA) is 67.3 Å². The average molecular weight is 340 g/mol. The summed E-state index contributed by atoms with van der Waals surface area (Å²) in [6.45, 7) is 3.14. The molecule has 25 heavy (non-hydrogen) atoms. The fourth-order valence-electron chi connectivity index (χ4n) is 3.79. The number of amides is 1. The summed E-state index contributed by atoms with van der Waals surface area (Å²) in [4.78, 5) is 23.8. The minimum Gasteiger partial charge on any atom is -0.381 e. The number of anilines is 1. The zero-order valence-electron chi connectivity index (χ0n) is 14.4. The van der Waals surface area contributed by atoms with Gasteiger partial charge in [0.25, 0.3) is 0 Å². The Hall–Kier alpha value is -2.21. The van der Waals surface area contributed by atoms with Crippen molar-refractivity contribution in [3.8, 4) is 0 Å². The zero-order chi connectivity index (χ0) is 17.1. The molecule has 1 aromatic heterocycles. The first kappa shape index (κ1) is 16.3. The van der Waals surface area contributed by atoms with Gasteiger partial charge in [-0.1, -0.05) is 12.1 Å². The molecular formula is C19H24N4O2. The van der Waals surface area contributed by atoms with Crippen LogP contribution in [0.2, 0.25) is 0 Å². The van der Waals surface area contributed by atoms with E-state index in [1.54, 1.807) is 6.33 Å². The molecule has 4 rings (SSSR count).